The Bertz CT molecular complexity index is 947. The van der Waals surface area contributed by atoms with Crippen LogP contribution in [-0.4, -0.2) is 31.3 Å². The number of H-pyrrole nitrogens is 1. The van der Waals surface area contributed by atoms with Crippen molar-refractivity contribution in [2.75, 3.05) is 11.4 Å². The van der Waals surface area contributed by atoms with Crippen molar-refractivity contribution in [1.29, 1.82) is 0 Å². The van der Waals surface area contributed by atoms with E-state index in [1.165, 1.54) is 0 Å². The molecule has 8 heteroatoms. The first-order valence-electron chi connectivity index (χ1n) is 8.94. The summed E-state index contributed by atoms with van der Waals surface area (Å²) in [6.45, 7) is 8.17. The number of pyridine rings is 1. The summed E-state index contributed by atoms with van der Waals surface area (Å²) in [5.41, 5.74) is 3.79. The van der Waals surface area contributed by atoms with Gasteiger partial charge in [0.15, 0.2) is 5.65 Å². The number of nitrogens with zero attached hydrogens (tertiary/aromatic N) is 5. The maximum atomic E-state index is 6.73. The zero-order valence-electron chi connectivity index (χ0n) is 15.1. The van der Waals surface area contributed by atoms with E-state index in [-0.39, 0.29) is 6.04 Å². The van der Waals surface area contributed by atoms with Crippen LogP contribution in [0.15, 0.2) is 16.7 Å². The minimum atomic E-state index is 0.187. The molecule has 26 heavy (non-hydrogen) atoms. The minimum absolute atomic E-state index is 0.187. The normalized spacial score (nSPS) is 17.8. The van der Waals surface area contributed by atoms with Crippen molar-refractivity contribution >= 4 is 44.6 Å². The molecule has 1 N–H and O–H groups in total. The summed E-state index contributed by atoms with van der Waals surface area (Å²) in [6, 6.07) is 2.19. The highest BCUT2D eigenvalue weighted by atomic mass is 79.9. The van der Waals surface area contributed by atoms with Crippen LogP contribution in [0.25, 0.3) is 11.2 Å². The Morgan fingerprint density at radius 3 is 3.00 bits per heavy atom. The highest BCUT2D eigenvalue weighted by Gasteiger charge is 2.33. The Kier molecular flexibility index (Phi) is 4.69. The first kappa shape index (κ1) is 17.8. The average Bonchev–Trinajstić information content (AvgIpc) is 3.24. The van der Waals surface area contributed by atoms with Gasteiger partial charge in [0.1, 0.15) is 5.15 Å². The molecule has 1 saturated heterocycles. The summed E-state index contributed by atoms with van der Waals surface area (Å²) in [5.74, 6) is 1.35. The first-order chi connectivity index (χ1) is 12.4. The molecular weight excluding hydrogens is 416 g/mol. The third-order valence-corrected chi connectivity index (χ3v) is 5.63. The molecule has 4 rings (SSSR count). The van der Waals surface area contributed by atoms with Crippen molar-refractivity contribution in [3.8, 4) is 0 Å². The molecule has 0 saturated carbocycles. The molecule has 4 heterocycles. The van der Waals surface area contributed by atoms with Gasteiger partial charge in [0.05, 0.1) is 17.3 Å². The Balaban J connectivity index is 1.71. The Labute approximate surface area is 166 Å². The maximum absolute atomic E-state index is 6.73. The van der Waals surface area contributed by atoms with Gasteiger partial charge in [0.25, 0.3) is 0 Å². The van der Waals surface area contributed by atoms with Crippen molar-refractivity contribution in [3.63, 3.8) is 0 Å². The van der Waals surface area contributed by atoms with Gasteiger partial charge < -0.3 is 9.88 Å². The zero-order valence-corrected chi connectivity index (χ0v) is 17.5. The average molecular weight is 438 g/mol. The van der Waals surface area contributed by atoms with Crippen LogP contribution in [0.2, 0.25) is 5.15 Å². The first-order valence-corrected chi connectivity index (χ1v) is 10.1. The second-order valence-corrected chi connectivity index (χ2v) is 8.58. The van der Waals surface area contributed by atoms with Crippen LogP contribution in [0.3, 0.4) is 0 Å². The molecule has 1 atom stereocenters. The molecule has 3 aromatic rings. The summed E-state index contributed by atoms with van der Waals surface area (Å²) in [7, 11) is 0. The van der Waals surface area contributed by atoms with Crippen LogP contribution in [0.4, 0.5) is 5.95 Å². The molecule has 0 amide bonds. The molecule has 3 aromatic heterocycles. The van der Waals surface area contributed by atoms with E-state index in [2.05, 4.69) is 49.7 Å². The third-order valence-electron chi connectivity index (χ3n) is 4.80. The van der Waals surface area contributed by atoms with E-state index in [1.54, 1.807) is 6.20 Å². The van der Waals surface area contributed by atoms with Gasteiger partial charge in [-0.05, 0) is 47.7 Å². The highest BCUT2D eigenvalue weighted by Crippen LogP contribution is 2.40. The number of aryl methyl sites for hydroxylation is 1. The van der Waals surface area contributed by atoms with Crippen molar-refractivity contribution < 1.29 is 0 Å². The lowest BCUT2D eigenvalue weighted by atomic mass is 10.1. The minimum Gasteiger partial charge on any atom is -0.335 e. The molecule has 1 unspecified atom stereocenters. The largest absolute Gasteiger partial charge is 0.335 e. The van der Waals surface area contributed by atoms with Crippen LogP contribution in [0.1, 0.15) is 44.0 Å². The predicted octanol–water partition coefficient (Wildman–Crippen LogP) is 4.88. The molecule has 138 valence electrons. The van der Waals surface area contributed by atoms with E-state index in [9.17, 15) is 0 Å². The van der Waals surface area contributed by atoms with E-state index >= 15 is 0 Å². The molecule has 1 aliphatic rings. The smallest absolute Gasteiger partial charge is 0.205 e. The van der Waals surface area contributed by atoms with Crippen molar-refractivity contribution in [3.05, 3.63) is 33.1 Å². The second kappa shape index (κ2) is 6.85. The molecule has 0 bridgehead atoms. The number of imidazole rings is 1. The number of aromatic amines is 1. The summed E-state index contributed by atoms with van der Waals surface area (Å²) in [4.78, 5) is 14.8. The summed E-state index contributed by atoms with van der Waals surface area (Å²) >= 11 is 10.2. The summed E-state index contributed by atoms with van der Waals surface area (Å²) in [5, 5.41) is 5.44. The molecule has 0 spiro atoms. The standard InChI is InChI=1S/C18H22BrClN6/c1-10(2)9-26-16(20)15(11(3)24-26)14-5-4-6-25(14)18-22-13-7-12(19)8-21-17(13)23-18/h7-8,10,14H,4-6,9H2,1-3H3,(H,21,22,23). The molecule has 0 aromatic carbocycles. The van der Waals surface area contributed by atoms with Gasteiger partial charge in [-0.3, -0.25) is 4.68 Å². The van der Waals surface area contributed by atoms with Gasteiger partial charge in [-0.2, -0.15) is 10.1 Å². The fourth-order valence-corrected chi connectivity index (χ4v) is 4.43. The fourth-order valence-electron chi connectivity index (χ4n) is 3.73. The van der Waals surface area contributed by atoms with E-state index in [0.717, 1.165) is 63.9 Å². The number of halogens is 2. The van der Waals surface area contributed by atoms with Crippen molar-refractivity contribution in [1.82, 2.24) is 24.7 Å². The topological polar surface area (TPSA) is 62.6 Å². The van der Waals surface area contributed by atoms with E-state index in [1.807, 2.05) is 17.7 Å². The molecule has 6 nitrogen and oxygen atoms in total. The number of nitrogens with one attached hydrogen (secondary N) is 1. The van der Waals surface area contributed by atoms with E-state index < -0.39 is 0 Å². The van der Waals surface area contributed by atoms with Gasteiger partial charge in [0, 0.05) is 29.3 Å². The fraction of sp³-hybridized carbons (Fsp3) is 0.500. The predicted molar refractivity (Wildman–Crippen MR) is 108 cm³/mol. The molecule has 1 aliphatic heterocycles. The number of anilines is 1. The Morgan fingerprint density at radius 1 is 1.42 bits per heavy atom. The number of hydrogen-bond acceptors (Lipinski definition) is 4. The lowest BCUT2D eigenvalue weighted by molar-refractivity contribution is 0.481. The molecular formula is C18H22BrClN6. The molecule has 1 fully saturated rings. The van der Waals surface area contributed by atoms with Crippen LogP contribution in [0.5, 0.6) is 0 Å². The third kappa shape index (κ3) is 3.11. The molecule has 0 radical (unpaired) electrons. The van der Waals surface area contributed by atoms with Crippen LogP contribution >= 0.6 is 27.5 Å². The molecule has 0 aliphatic carbocycles. The lowest BCUT2D eigenvalue weighted by Crippen LogP contribution is -2.24. The van der Waals surface area contributed by atoms with Crippen LogP contribution in [0, 0.1) is 12.8 Å². The van der Waals surface area contributed by atoms with Gasteiger partial charge in [-0.15, -0.1) is 0 Å². The van der Waals surface area contributed by atoms with Gasteiger partial charge in [-0.25, -0.2) is 4.98 Å². The SMILES string of the molecule is Cc1nn(CC(C)C)c(Cl)c1C1CCCN1c1nc2ncc(Br)cc2[nH]1. The number of fused-ring (bicyclic) bond motifs is 1. The van der Waals surface area contributed by atoms with Crippen LogP contribution < -0.4 is 4.90 Å². The van der Waals surface area contributed by atoms with Gasteiger partial charge in [0.2, 0.25) is 5.95 Å². The van der Waals surface area contributed by atoms with Crippen molar-refractivity contribution in [2.24, 2.45) is 5.92 Å². The Morgan fingerprint density at radius 2 is 2.23 bits per heavy atom. The van der Waals surface area contributed by atoms with E-state index in [4.69, 9.17) is 16.6 Å². The quantitative estimate of drug-likeness (QED) is 0.632. The van der Waals surface area contributed by atoms with Gasteiger partial charge in [-0.1, -0.05) is 25.4 Å². The van der Waals surface area contributed by atoms with E-state index in [0.29, 0.717) is 5.92 Å². The lowest BCUT2D eigenvalue weighted by Gasteiger charge is -2.24. The zero-order chi connectivity index (χ0) is 18.4. The Hall–Kier alpha value is -1.60. The number of aromatic nitrogens is 5. The van der Waals surface area contributed by atoms with Gasteiger partial charge >= 0.3 is 0 Å². The summed E-state index contributed by atoms with van der Waals surface area (Å²) in [6.07, 6.45) is 3.91. The monoisotopic (exact) mass is 436 g/mol. The highest BCUT2D eigenvalue weighted by molar-refractivity contribution is 9.10. The van der Waals surface area contributed by atoms with Crippen molar-refractivity contribution in [2.45, 2.75) is 46.2 Å². The van der Waals surface area contributed by atoms with Crippen LogP contribution in [-0.2, 0) is 6.54 Å². The maximum Gasteiger partial charge on any atom is 0.205 e. The number of hydrogen-bond donors (Lipinski definition) is 1. The number of rotatable bonds is 4. The second-order valence-electron chi connectivity index (χ2n) is 7.30. The summed E-state index contributed by atoms with van der Waals surface area (Å²) < 4.78 is 2.87.